The Morgan fingerprint density at radius 1 is 0.311 bits per heavy atom. The third-order valence-electron chi connectivity index (χ3n) is 13.6. The molecule has 9 fully saturated rings. The van der Waals surface area contributed by atoms with Gasteiger partial charge in [0.15, 0.2) is 0 Å². The summed E-state index contributed by atoms with van der Waals surface area (Å²) in [6.07, 6.45) is 26.4. The monoisotopic (exact) mass is 721 g/mol. The van der Waals surface area contributed by atoms with Crippen LogP contribution in [-0.4, -0.2) is 49.3 Å². The minimum Gasteiger partial charge on any atom is -0.693 e. The minimum absolute atomic E-state index is 0. The van der Waals surface area contributed by atoms with E-state index in [9.17, 15) is 0 Å². The summed E-state index contributed by atoms with van der Waals surface area (Å²) < 4.78 is 0. The van der Waals surface area contributed by atoms with Gasteiger partial charge in [-0.3, -0.25) is 42.5 Å². The van der Waals surface area contributed by atoms with E-state index in [0.717, 1.165) is 35.5 Å². The van der Waals surface area contributed by atoms with Gasteiger partial charge in [0.25, 0.3) is 0 Å². The third-order valence-corrected chi connectivity index (χ3v) is 13.6. The largest absolute Gasteiger partial charge is 0.693 e. The molecule has 16 unspecified atom stereocenters. The summed E-state index contributed by atoms with van der Waals surface area (Å²) in [5.41, 5.74) is 0. The summed E-state index contributed by atoms with van der Waals surface area (Å²) in [5, 5.41) is 33.7. The molecule has 9 rings (SSSR count). The Kier molecular flexibility index (Phi) is 13.3. The second-order valence-corrected chi connectivity index (χ2v) is 15.4. The molecular formula is C32H63N12Pd-5. The fraction of sp³-hybridized carbons (Fsp3) is 0.969. The fourth-order valence-corrected chi connectivity index (χ4v) is 11.7. The van der Waals surface area contributed by atoms with Crippen molar-refractivity contribution in [2.45, 2.75) is 146 Å². The van der Waals surface area contributed by atoms with E-state index in [0.29, 0.717) is 61.2 Å². The van der Waals surface area contributed by atoms with E-state index in [2.05, 4.69) is 49.0 Å². The number of nitrogens with two attached hydrogens (primary N) is 4. The summed E-state index contributed by atoms with van der Waals surface area (Å²) in [4.78, 5) is 0. The molecule has 8 bridgehead atoms. The zero-order chi connectivity index (χ0) is 26.2. The van der Waals surface area contributed by atoms with Crippen LogP contribution in [0.1, 0.15) is 96.3 Å². The van der Waals surface area contributed by atoms with Gasteiger partial charge in [-0.1, -0.05) is 51.4 Å². The molecule has 12 nitrogen and oxygen atoms in total. The van der Waals surface area contributed by atoms with Crippen molar-refractivity contribution >= 4 is 0 Å². The smallest absolute Gasteiger partial charge is 0.0628 e. The molecule has 4 aliphatic carbocycles. The molecule has 9 aliphatic rings. The van der Waals surface area contributed by atoms with Crippen LogP contribution in [0, 0.1) is 53.8 Å². The van der Waals surface area contributed by atoms with Gasteiger partial charge in [0, 0.05) is 26.6 Å². The average molecular weight is 722 g/mol. The average Bonchev–Trinajstić information content (AvgIpc) is 3.73. The molecule has 0 amide bonds. The molecule has 13 heteroatoms. The predicted molar refractivity (Wildman–Crippen MR) is 178 cm³/mol. The van der Waals surface area contributed by atoms with Gasteiger partial charge in [0.2, 0.25) is 0 Å². The Labute approximate surface area is 286 Å². The first-order valence-corrected chi connectivity index (χ1v) is 17.7. The Morgan fingerprint density at radius 2 is 0.556 bits per heavy atom. The minimum atomic E-state index is 0. The van der Waals surface area contributed by atoms with Crippen molar-refractivity contribution in [3.63, 3.8) is 0 Å². The van der Waals surface area contributed by atoms with Gasteiger partial charge in [-0.25, -0.2) is 0 Å². The number of hydrogen-bond donors (Lipinski definition) is 8. The molecule has 0 aromatic heterocycles. The summed E-state index contributed by atoms with van der Waals surface area (Å²) in [5.74, 6) is 5.74. The second kappa shape index (κ2) is 15.8. The maximum absolute atomic E-state index is 4.25. The first-order valence-electron chi connectivity index (χ1n) is 17.7. The quantitative estimate of drug-likeness (QED) is 0.121. The van der Waals surface area contributed by atoms with Crippen molar-refractivity contribution in [2.75, 3.05) is 0 Å². The predicted octanol–water partition coefficient (Wildman–Crippen LogP) is 5.29. The Hall–Kier alpha value is 0.182. The standard InChI is InChI=1S/C32H55N8.4H2N.Pd/c1-2-10-18-17(9-1)25-33-26(18)38-28-21-13-5-6-14-22(21)30(35-28)40-32-24-16-8-7-15-23(24)31(36-32)39-29-20-12-4-3-11-19(20)27(34-29)37-25;;;;;/h9,17-40H,1-8,10-16H2;4*1H2;/q5*-1;. The molecule has 266 valence electrons. The first-order chi connectivity index (χ1) is 19.8. The molecule has 0 spiro atoms. The maximum atomic E-state index is 4.25. The zero-order valence-electron chi connectivity index (χ0n) is 27.0. The molecule has 0 aromatic carbocycles. The Morgan fingerprint density at radius 3 is 0.867 bits per heavy atom. The van der Waals surface area contributed by atoms with Crippen LogP contribution >= 0.6 is 0 Å². The van der Waals surface area contributed by atoms with E-state index in [-0.39, 0.29) is 45.0 Å². The molecule has 0 aromatic rings. The normalized spacial score (nSPS) is 51.2. The van der Waals surface area contributed by atoms with Gasteiger partial charge in [0.05, 0.1) is 43.2 Å². The van der Waals surface area contributed by atoms with E-state index in [4.69, 9.17) is 0 Å². The van der Waals surface area contributed by atoms with Crippen molar-refractivity contribution in [1.29, 1.82) is 0 Å². The van der Waals surface area contributed by atoms with E-state index < -0.39 is 0 Å². The van der Waals surface area contributed by atoms with Gasteiger partial charge >= 0.3 is 0 Å². The van der Waals surface area contributed by atoms with Crippen molar-refractivity contribution < 1.29 is 20.4 Å². The molecule has 0 radical (unpaired) electrons. The summed E-state index contributed by atoms with van der Waals surface area (Å²) in [6.45, 7) is 0. The number of hydrogen-bond acceptors (Lipinski definition) is 8. The van der Waals surface area contributed by atoms with Crippen LogP contribution in [0.5, 0.6) is 0 Å². The SMILES string of the molecule is [CH-]1CCCC2C3NC(NC4NC(NC5NC(NC6NC(N3)C3CCCCC63)C3CCCCC53)C3CCCCC43)C12.[NH2-].[NH2-].[NH2-].[NH2-].[Pd]. The Balaban J connectivity index is 0.000000922. The summed E-state index contributed by atoms with van der Waals surface area (Å²) in [7, 11) is 0. The van der Waals surface area contributed by atoms with Crippen molar-refractivity contribution in [3.05, 3.63) is 31.0 Å². The van der Waals surface area contributed by atoms with Crippen LogP contribution < -0.4 is 42.5 Å². The van der Waals surface area contributed by atoms with Gasteiger partial charge in [0.1, 0.15) is 0 Å². The molecule has 16 atom stereocenters. The summed E-state index contributed by atoms with van der Waals surface area (Å²) >= 11 is 0. The molecule has 5 saturated heterocycles. The zero-order valence-corrected chi connectivity index (χ0v) is 28.6. The number of rotatable bonds is 0. The number of fused-ring (bicyclic) bond motifs is 20. The third kappa shape index (κ3) is 6.72. The van der Waals surface area contributed by atoms with Gasteiger partial charge in [-0.15, -0.1) is 5.92 Å². The van der Waals surface area contributed by atoms with Gasteiger partial charge in [-0.05, 0) is 80.0 Å². The van der Waals surface area contributed by atoms with Crippen LogP contribution in [0.4, 0.5) is 0 Å². The van der Waals surface area contributed by atoms with Crippen molar-refractivity contribution in [3.8, 4) is 0 Å². The molecule has 5 aliphatic heterocycles. The molecule has 5 heterocycles. The maximum Gasteiger partial charge on any atom is 0.0628 e. The number of nitrogens with one attached hydrogen (secondary N) is 8. The molecule has 45 heavy (non-hydrogen) atoms. The van der Waals surface area contributed by atoms with Crippen LogP contribution in [0.2, 0.25) is 0 Å². The van der Waals surface area contributed by atoms with Crippen LogP contribution in [0.3, 0.4) is 0 Å². The van der Waals surface area contributed by atoms with Crippen molar-refractivity contribution in [2.24, 2.45) is 47.3 Å². The molecule has 16 N–H and O–H groups in total. The van der Waals surface area contributed by atoms with Gasteiger partial charge < -0.3 is 31.0 Å². The van der Waals surface area contributed by atoms with E-state index in [1.54, 1.807) is 0 Å². The molecule has 4 saturated carbocycles. The van der Waals surface area contributed by atoms with Crippen LogP contribution in [0.25, 0.3) is 24.6 Å². The van der Waals surface area contributed by atoms with E-state index in [1.807, 2.05) is 0 Å². The van der Waals surface area contributed by atoms with Crippen molar-refractivity contribution in [1.82, 2.24) is 42.5 Å². The van der Waals surface area contributed by atoms with Crippen LogP contribution in [-0.2, 0) is 20.4 Å². The summed E-state index contributed by atoms with van der Waals surface area (Å²) in [6, 6.07) is 0. The fourth-order valence-electron chi connectivity index (χ4n) is 11.7. The topological polar surface area (TPSA) is 230 Å². The second-order valence-electron chi connectivity index (χ2n) is 15.4. The molecular weight excluding hydrogens is 659 g/mol. The van der Waals surface area contributed by atoms with Crippen LogP contribution in [0.15, 0.2) is 0 Å². The first kappa shape index (κ1) is 38.0. The van der Waals surface area contributed by atoms with E-state index in [1.165, 1.54) is 96.3 Å². The van der Waals surface area contributed by atoms with Gasteiger partial charge in [-0.2, -0.15) is 6.42 Å². The Bertz CT molecular complexity index is 725. The van der Waals surface area contributed by atoms with E-state index >= 15 is 0 Å².